The molecule has 0 aliphatic carbocycles. The number of hydrogen-bond donors (Lipinski definition) is 0. The molecule has 0 spiro atoms. The fourth-order valence-corrected chi connectivity index (χ4v) is 1.95. The third-order valence-corrected chi connectivity index (χ3v) is 3.83. The Bertz CT molecular complexity index is 546. The number of hydrogen-bond acceptors (Lipinski definition) is 2. The van der Waals surface area contributed by atoms with E-state index in [0.29, 0.717) is 15.9 Å². The zero-order valence-corrected chi connectivity index (χ0v) is 11.7. The van der Waals surface area contributed by atoms with E-state index in [1.165, 1.54) is 12.1 Å². The molecule has 2 rings (SSSR count). The maximum absolute atomic E-state index is 13.3. The van der Waals surface area contributed by atoms with Gasteiger partial charge in [-0.1, -0.05) is 23.2 Å². The van der Waals surface area contributed by atoms with Crippen LogP contribution in [0.25, 0.3) is 11.4 Å². The molecule has 0 saturated carbocycles. The van der Waals surface area contributed by atoms with Crippen LogP contribution in [0, 0.1) is 12.7 Å². The van der Waals surface area contributed by atoms with Crippen LogP contribution in [0.4, 0.5) is 4.39 Å². The van der Waals surface area contributed by atoms with Gasteiger partial charge >= 0.3 is 0 Å². The molecule has 0 aliphatic heterocycles. The first-order valence-corrected chi connectivity index (χ1v) is 6.18. The summed E-state index contributed by atoms with van der Waals surface area (Å²) in [5.74, 6) is -0.0513. The van der Waals surface area contributed by atoms with Gasteiger partial charge in [0.25, 0.3) is 0 Å². The number of aromatic nitrogens is 2. The Balaban J connectivity index is 2.60. The minimum atomic E-state index is -0.348. The summed E-state index contributed by atoms with van der Waals surface area (Å²) in [4.78, 5) is 8.08. The Hall–Kier alpha value is -0.710. The highest BCUT2D eigenvalue weighted by molar-refractivity contribution is 9.10. The fraction of sp³-hybridized carbons (Fsp3) is 0.0909. The van der Waals surface area contributed by atoms with Gasteiger partial charge in [-0.2, -0.15) is 0 Å². The van der Waals surface area contributed by atoms with E-state index in [1.54, 1.807) is 13.0 Å². The molecule has 0 saturated heterocycles. The summed E-state index contributed by atoms with van der Waals surface area (Å²) in [6, 6.07) is 4.52. The lowest BCUT2D eigenvalue weighted by molar-refractivity contribution is 0.627. The molecule has 0 N–H and O–H groups in total. The highest BCUT2D eigenvalue weighted by atomic mass is 79.9. The summed E-state index contributed by atoms with van der Waals surface area (Å²) in [5, 5.41) is 0.392. The summed E-state index contributed by atoms with van der Waals surface area (Å²) in [5.41, 5.74) is 1.32. The van der Waals surface area contributed by atoms with Gasteiger partial charge in [-0.25, -0.2) is 14.4 Å². The first-order chi connectivity index (χ1) is 7.97. The van der Waals surface area contributed by atoms with Crippen LogP contribution in [-0.2, 0) is 0 Å². The first kappa shape index (κ1) is 12.7. The third kappa shape index (κ3) is 2.76. The minimum absolute atomic E-state index is 0.196. The number of benzene rings is 1. The zero-order chi connectivity index (χ0) is 12.6. The fourth-order valence-electron chi connectivity index (χ4n) is 1.39. The van der Waals surface area contributed by atoms with E-state index in [4.69, 9.17) is 23.2 Å². The van der Waals surface area contributed by atoms with E-state index in [-0.39, 0.29) is 16.1 Å². The molecule has 0 radical (unpaired) electrons. The van der Waals surface area contributed by atoms with Crippen LogP contribution < -0.4 is 0 Å². The van der Waals surface area contributed by atoms with Crippen molar-refractivity contribution in [1.82, 2.24) is 9.97 Å². The predicted octanol–water partition coefficient (Wildman–Crippen LogP) is 4.66. The Morgan fingerprint density at radius 1 is 1.12 bits per heavy atom. The van der Waals surface area contributed by atoms with E-state index in [0.717, 1.165) is 5.56 Å². The van der Waals surface area contributed by atoms with Gasteiger partial charge in [-0.05, 0) is 46.6 Å². The van der Waals surface area contributed by atoms with E-state index in [1.807, 2.05) is 0 Å². The van der Waals surface area contributed by atoms with Gasteiger partial charge in [-0.3, -0.25) is 0 Å². The highest BCUT2D eigenvalue weighted by Crippen LogP contribution is 2.30. The summed E-state index contributed by atoms with van der Waals surface area (Å²) >= 11 is 14.9. The SMILES string of the molecule is Cc1cc(F)cc(-c2nc(Cl)c(Br)c(Cl)n2)c1. The van der Waals surface area contributed by atoms with E-state index in [2.05, 4.69) is 25.9 Å². The van der Waals surface area contributed by atoms with Gasteiger partial charge in [0, 0.05) is 5.56 Å². The summed E-state index contributed by atoms with van der Waals surface area (Å²) in [7, 11) is 0. The van der Waals surface area contributed by atoms with Crippen molar-refractivity contribution in [2.24, 2.45) is 0 Å². The number of halogens is 4. The largest absolute Gasteiger partial charge is 0.215 e. The molecule has 0 atom stereocenters. The molecule has 0 aliphatic rings. The van der Waals surface area contributed by atoms with Crippen molar-refractivity contribution in [1.29, 1.82) is 0 Å². The number of rotatable bonds is 1. The van der Waals surface area contributed by atoms with E-state index < -0.39 is 0 Å². The molecule has 2 nitrogen and oxygen atoms in total. The molecular formula is C11H6BrCl2FN2. The Morgan fingerprint density at radius 3 is 2.24 bits per heavy atom. The van der Waals surface area contributed by atoms with Gasteiger partial charge in [0.05, 0.1) is 4.47 Å². The molecule has 1 aromatic carbocycles. The molecule has 0 fully saturated rings. The van der Waals surface area contributed by atoms with Crippen LogP contribution in [-0.4, -0.2) is 9.97 Å². The van der Waals surface area contributed by atoms with Crippen LogP contribution >= 0.6 is 39.1 Å². The number of aryl methyl sites for hydroxylation is 1. The molecule has 0 bridgehead atoms. The van der Waals surface area contributed by atoms with Crippen molar-refractivity contribution in [2.45, 2.75) is 6.92 Å². The van der Waals surface area contributed by atoms with Crippen molar-refractivity contribution in [3.8, 4) is 11.4 Å². The van der Waals surface area contributed by atoms with Gasteiger partial charge in [0.2, 0.25) is 0 Å². The van der Waals surface area contributed by atoms with Crippen molar-refractivity contribution in [3.05, 3.63) is 44.4 Å². The standard InChI is InChI=1S/C11H6BrCl2FN2/c1-5-2-6(4-7(15)3-5)11-16-9(13)8(12)10(14)17-11/h2-4H,1H3. The molecule has 6 heteroatoms. The lowest BCUT2D eigenvalue weighted by atomic mass is 10.1. The van der Waals surface area contributed by atoms with Crippen molar-refractivity contribution in [2.75, 3.05) is 0 Å². The van der Waals surface area contributed by atoms with E-state index >= 15 is 0 Å². The zero-order valence-electron chi connectivity index (χ0n) is 8.64. The topological polar surface area (TPSA) is 25.8 Å². The lowest BCUT2D eigenvalue weighted by Crippen LogP contribution is -1.93. The maximum Gasteiger partial charge on any atom is 0.162 e. The van der Waals surface area contributed by atoms with Crippen LogP contribution in [0.15, 0.2) is 22.7 Å². The Labute approximate surface area is 116 Å². The summed E-state index contributed by atoms with van der Waals surface area (Å²) in [6.45, 7) is 1.79. The van der Waals surface area contributed by atoms with Gasteiger partial charge < -0.3 is 0 Å². The molecule has 17 heavy (non-hydrogen) atoms. The molecule has 88 valence electrons. The van der Waals surface area contributed by atoms with Crippen molar-refractivity contribution >= 4 is 39.1 Å². The van der Waals surface area contributed by atoms with Crippen molar-refractivity contribution < 1.29 is 4.39 Å². The average Bonchev–Trinajstić information content (AvgIpc) is 2.23. The van der Waals surface area contributed by atoms with Gasteiger partial charge in [0.1, 0.15) is 16.1 Å². The predicted molar refractivity (Wildman–Crippen MR) is 69.9 cm³/mol. The Morgan fingerprint density at radius 2 is 1.71 bits per heavy atom. The molecule has 1 heterocycles. The smallest absolute Gasteiger partial charge is 0.162 e. The van der Waals surface area contributed by atoms with Crippen LogP contribution in [0.3, 0.4) is 0 Å². The second kappa shape index (κ2) is 4.88. The first-order valence-electron chi connectivity index (χ1n) is 4.63. The van der Waals surface area contributed by atoms with Crippen LogP contribution in [0.5, 0.6) is 0 Å². The lowest BCUT2D eigenvalue weighted by Gasteiger charge is -2.05. The molecule has 2 aromatic rings. The van der Waals surface area contributed by atoms with Gasteiger partial charge in [0.15, 0.2) is 5.82 Å². The monoisotopic (exact) mass is 334 g/mol. The van der Waals surface area contributed by atoms with Gasteiger partial charge in [-0.15, -0.1) is 0 Å². The highest BCUT2D eigenvalue weighted by Gasteiger charge is 2.11. The molecule has 0 amide bonds. The second-order valence-corrected chi connectivity index (χ2v) is 4.97. The van der Waals surface area contributed by atoms with Crippen LogP contribution in [0.1, 0.15) is 5.56 Å². The second-order valence-electron chi connectivity index (χ2n) is 3.46. The average molecular weight is 336 g/mol. The Kier molecular flexibility index (Phi) is 3.66. The molecule has 1 aromatic heterocycles. The van der Waals surface area contributed by atoms with Crippen molar-refractivity contribution in [3.63, 3.8) is 0 Å². The molecular weight excluding hydrogens is 330 g/mol. The summed E-state index contributed by atoms with van der Waals surface area (Å²) in [6.07, 6.45) is 0. The maximum atomic E-state index is 13.3. The molecule has 0 unspecified atom stereocenters. The van der Waals surface area contributed by atoms with Crippen LogP contribution in [0.2, 0.25) is 10.3 Å². The normalized spacial score (nSPS) is 10.6. The van der Waals surface area contributed by atoms with E-state index in [9.17, 15) is 4.39 Å². The summed E-state index contributed by atoms with van der Waals surface area (Å²) < 4.78 is 13.7. The third-order valence-electron chi connectivity index (χ3n) is 2.07. The quantitative estimate of drug-likeness (QED) is 0.708. The minimum Gasteiger partial charge on any atom is -0.215 e. The number of nitrogens with zero attached hydrogens (tertiary/aromatic N) is 2.